The fourth-order valence-corrected chi connectivity index (χ4v) is 4.41. The Morgan fingerprint density at radius 2 is 1.58 bits per heavy atom. The molecule has 3 nitrogen and oxygen atoms in total. The Hall–Kier alpha value is -1.81. The van der Waals surface area contributed by atoms with Gasteiger partial charge in [-0.2, -0.15) is 0 Å². The number of esters is 1. The molecule has 0 saturated carbocycles. The molecule has 4 heteroatoms. The Morgan fingerprint density at radius 3 is 2.32 bits per heavy atom. The number of rotatable bonds is 12. The van der Waals surface area contributed by atoms with Gasteiger partial charge in [-0.25, -0.2) is 0 Å². The molecule has 1 aliphatic carbocycles. The van der Waals surface area contributed by atoms with E-state index in [1.807, 2.05) is 30.3 Å². The molecule has 168 valence electrons. The van der Waals surface area contributed by atoms with E-state index < -0.39 is 0 Å². The summed E-state index contributed by atoms with van der Waals surface area (Å²) in [5.41, 5.74) is 2.55. The minimum Gasteiger partial charge on any atom is -0.494 e. The minimum atomic E-state index is -0.136. The van der Waals surface area contributed by atoms with Crippen molar-refractivity contribution in [2.24, 2.45) is 5.92 Å². The summed E-state index contributed by atoms with van der Waals surface area (Å²) >= 11 is 3.40. The first-order valence-electron chi connectivity index (χ1n) is 11.9. The largest absolute Gasteiger partial charge is 0.494 e. The van der Waals surface area contributed by atoms with Gasteiger partial charge in [0, 0.05) is 4.47 Å². The van der Waals surface area contributed by atoms with Crippen LogP contribution >= 0.6 is 15.9 Å². The summed E-state index contributed by atoms with van der Waals surface area (Å²) in [5, 5.41) is 0. The molecule has 0 aromatic heterocycles. The van der Waals surface area contributed by atoms with Crippen molar-refractivity contribution in [1.29, 1.82) is 0 Å². The lowest BCUT2D eigenvalue weighted by molar-refractivity contribution is -0.139. The molecule has 0 spiro atoms. The molecule has 2 aromatic rings. The summed E-state index contributed by atoms with van der Waals surface area (Å²) in [6.07, 6.45) is 12.9. The van der Waals surface area contributed by atoms with Crippen LogP contribution in [-0.2, 0) is 17.6 Å². The molecule has 0 saturated heterocycles. The third kappa shape index (κ3) is 7.99. The summed E-state index contributed by atoms with van der Waals surface area (Å²) in [6, 6.07) is 13.7. The maximum atomic E-state index is 12.6. The van der Waals surface area contributed by atoms with Gasteiger partial charge in [-0.15, -0.1) is 0 Å². The van der Waals surface area contributed by atoms with Gasteiger partial charge in [-0.05, 0) is 73.2 Å². The van der Waals surface area contributed by atoms with E-state index >= 15 is 0 Å². The van der Waals surface area contributed by atoms with Gasteiger partial charge in [0.25, 0.3) is 0 Å². The van der Waals surface area contributed by atoms with Gasteiger partial charge in [0.05, 0.1) is 12.5 Å². The lowest BCUT2D eigenvalue weighted by Crippen LogP contribution is -2.26. The molecule has 0 amide bonds. The molecule has 2 aromatic carbocycles. The molecule has 0 radical (unpaired) electrons. The number of carbonyl (C=O) groups excluding carboxylic acids is 1. The second kappa shape index (κ2) is 12.9. The minimum absolute atomic E-state index is 0.0831. The molecule has 0 bridgehead atoms. The second-order valence-corrected chi connectivity index (χ2v) is 9.48. The highest BCUT2D eigenvalue weighted by molar-refractivity contribution is 9.10. The van der Waals surface area contributed by atoms with Crippen LogP contribution in [0.5, 0.6) is 11.5 Å². The number of carbonyl (C=O) groups is 1. The molecular formula is C27H35BrO3. The fourth-order valence-electron chi connectivity index (χ4n) is 4.15. The summed E-state index contributed by atoms with van der Waals surface area (Å²) in [7, 11) is 0. The second-order valence-electron chi connectivity index (χ2n) is 8.57. The summed E-state index contributed by atoms with van der Waals surface area (Å²) in [5.74, 6) is 1.34. The van der Waals surface area contributed by atoms with E-state index in [-0.39, 0.29) is 11.9 Å². The third-order valence-electron chi connectivity index (χ3n) is 6.04. The van der Waals surface area contributed by atoms with Crippen molar-refractivity contribution >= 4 is 21.9 Å². The van der Waals surface area contributed by atoms with E-state index in [1.165, 1.54) is 56.1 Å². The predicted octanol–water partition coefficient (Wildman–Crippen LogP) is 7.68. The monoisotopic (exact) mass is 486 g/mol. The van der Waals surface area contributed by atoms with E-state index in [2.05, 4.69) is 35.0 Å². The molecular weight excluding hydrogens is 452 g/mol. The molecule has 1 unspecified atom stereocenters. The average Bonchev–Trinajstić information content (AvgIpc) is 2.79. The molecule has 31 heavy (non-hydrogen) atoms. The zero-order valence-corrected chi connectivity index (χ0v) is 20.3. The summed E-state index contributed by atoms with van der Waals surface area (Å²) in [4.78, 5) is 12.6. The molecule has 0 heterocycles. The molecule has 0 fully saturated rings. The van der Waals surface area contributed by atoms with Gasteiger partial charge < -0.3 is 9.47 Å². The van der Waals surface area contributed by atoms with Crippen molar-refractivity contribution in [3.8, 4) is 11.5 Å². The van der Waals surface area contributed by atoms with E-state index in [4.69, 9.17) is 9.47 Å². The highest BCUT2D eigenvalue weighted by atomic mass is 79.9. The van der Waals surface area contributed by atoms with Gasteiger partial charge in [-0.1, -0.05) is 73.9 Å². The molecule has 1 atom stereocenters. The van der Waals surface area contributed by atoms with Gasteiger partial charge in [0.15, 0.2) is 0 Å². The fraction of sp³-hybridized carbons (Fsp3) is 0.519. The quantitative estimate of drug-likeness (QED) is 0.175. The van der Waals surface area contributed by atoms with Crippen molar-refractivity contribution in [3.05, 3.63) is 58.1 Å². The average molecular weight is 487 g/mol. The Balaban J connectivity index is 1.39. The first kappa shape index (κ1) is 23.8. The van der Waals surface area contributed by atoms with Crippen LogP contribution in [-0.4, -0.2) is 12.6 Å². The maximum Gasteiger partial charge on any atom is 0.314 e. The van der Waals surface area contributed by atoms with Crippen LogP contribution in [0.1, 0.15) is 75.8 Å². The SMILES string of the molecule is CCCCCCCCCCOc1ccc2c(c1)CCC(C(=O)Oc1ccc(Br)cc1)C2. The topological polar surface area (TPSA) is 35.5 Å². The third-order valence-corrected chi connectivity index (χ3v) is 6.57. The Morgan fingerprint density at radius 1 is 0.903 bits per heavy atom. The predicted molar refractivity (Wildman–Crippen MR) is 130 cm³/mol. The van der Waals surface area contributed by atoms with Crippen molar-refractivity contribution in [2.45, 2.75) is 77.6 Å². The van der Waals surface area contributed by atoms with Crippen molar-refractivity contribution in [2.75, 3.05) is 6.61 Å². The van der Waals surface area contributed by atoms with E-state index in [1.54, 1.807) is 0 Å². The van der Waals surface area contributed by atoms with E-state index in [0.717, 1.165) is 42.5 Å². The number of hydrogen-bond donors (Lipinski definition) is 0. The Labute approximate surface area is 195 Å². The van der Waals surface area contributed by atoms with Crippen LogP contribution in [0.25, 0.3) is 0 Å². The number of unbranched alkanes of at least 4 members (excludes halogenated alkanes) is 7. The van der Waals surface area contributed by atoms with Gasteiger partial charge in [0.1, 0.15) is 11.5 Å². The lowest BCUT2D eigenvalue weighted by Gasteiger charge is -2.23. The first-order chi connectivity index (χ1) is 15.2. The highest BCUT2D eigenvalue weighted by Crippen LogP contribution is 2.30. The lowest BCUT2D eigenvalue weighted by atomic mass is 9.84. The van der Waals surface area contributed by atoms with Crippen LogP contribution in [0.15, 0.2) is 46.9 Å². The van der Waals surface area contributed by atoms with Crippen LogP contribution < -0.4 is 9.47 Å². The molecule has 3 rings (SSSR count). The normalized spacial score (nSPS) is 15.4. The summed E-state index contributed by atoms with van der Waals surface area (Å²) < 4.78 is 12.5. The van der Waals surface area contributed by atoms with Crippen LogP contribution in [0.2, 0.25) is 0 Å². The van der Waals surface area contributed by atoms with E-state index in [9.17, 15) is 4.79 Å². The zero-order chi connectivity index (χ0) is 21.9. The molecule has 1 aliphatic rings. The van der Waals surface area contributed by atoms with Gasteiger partial charge in [-0.3, -0.25) is 4.79 Å². The van der Waals surface area contributed by atoms with Crippen molar-refractivity contribution in [3.63, 3.8) is 0 Å². The number of ether oxygens (including phenoxy) is 2. The molecule has 0 N–H and O–H groups in total. The Kier molecular flexibility index (Phi) is 9.92. The van der Waals surface area contributed by atoms with Crippen molar-refractivity contribution < 1.29 is 14.3 Å². The zero-order valence-electron chi connectivity index (χ0n) is 18.7. The maximum absolute atomic E-state index is 12.6. The van der Waals surface area contributed by atoms with Crippen LogP contribution in [0.4, 0.5) is 0 Å². The standard InChI is InChI=1S/C27H35BrO3/c1-2-3-4-5-6-7-8-9-18-30-26-15-12-21-19-23(11-10-22(21)20-26)27(29)31-25-16-13-24(28)14-17-25/h12-17,20,23H,2-11,18-19H2,1H3. The number of benzene rings is 2. The van der Waals surface area contributed by atoms with E-state index in [0.29, 0.717) is 5.75 Å². The molecule has 0 aliphatic heterocycles. The number of halogens is 1. The van der Waals surface area contributed by atoms with Crippen LogP contribution in [0, 0.1) is 5.92 Å². The van der Waals surface area contributed by atoms with Gasteiger partial charge in [0.2, 0.25) is 0 Å². The number of aryl methyl sites for hydroxylation is 1. The first-order valence-corrected chi connectivity index (χ1v) is 12.7. The number of fused-ring (bicyclic) bond motifs is 1. The number of hydrogen-bond acceptors (Lipinski definition) is 3. The smallest absolute Gasteiger partial charge is 0.314 e. The Bertz CT molecular complexity index is 816. The highest BCUT2D eigenvalue weighted by Gasteiger charge is 2.26. The summed E-state index contributed by atoms with van der Waals surface area (Å²) in [6.45, 7) is 3.05. The van der Waals surface area contributed by atoms with Gasteiger partial charge >= 0.3 is 5.97 Å². The van der Waals surface area contributed by atoms with Crippen LogP contribution in [0.3, 0.4) is 0 Å². The van der Waals surface area contributed by atoms with Crippen molar-refractivity contribution in [1.82, 2.24) is 0 Å².